The predicted octanol–water partition coefficient (Wildman–Crippen LogP) is 5.76. The number of rotatable bonds is 6. The van der Waals surface area contributed by atoms with Crippen LogP contribution in [0, 0.1) is 12.7 Å². The summed E-state index contributed by atoms with van der Waals surface area (Å²) in [6.45, 7) is 4.46. The predicted molar refractivity (Wildman–Crippen MR) is 115 cm³/mol. The Kier molecular flexibility index (Phi) is 6.76. The second-order valence-electron chi connectivity index (χ2n) is 6.76. The zero-order valence-corrected chi connectivity index (χ0v) is 17.1. The van der Waals surface area contributed by atoms with Crippen molar-refractivity contribution in [1.29, 1.82) is 0 Å². The van der Waals surface area contributed by atoms with Crippen LogP contribution in [-0.4, -0.2) is 22.5 Å². The molecule has 0 spiro atoms. The van der Waals surface area contributed by atoms with E-state index in [4.69, 9.17) is 0 Å². The maximum atomic E-state index is 13.5. The van der Waals surface area contributed by atoms with Gasteiger partial charge in [-0.25, -0.2) is 14.2 Å². The largest absolute Gasteiger partial charge is 0.416 e. The topological polar surface area (TPSA) is 91.0 Å². The van der Waals surface area contributed by atoms with Crippen LogP contribution in [0.5, 0.6) is 0 Å². The first-order chi connectivity index (χ1) is 15.1. The van der Waals surface area contributed by atoms with Crippen LogP contribution < -0.4 is 21.3 Å². The highest BCUT2D eigenvalue weighted by Gasteiger charge is 2.31. The molecule has 1 heterocycles. The lowest BCUT2D eigenvalue weighted by Gasteiger charge is -2.12. The number of carbonyl (C=O) groups is 1. The van der Waals surface area contributed by atoms with Crippen molar-refractivity contribution in [2.75, 3.05) is 27.8 Å². The lowest BCUT2D eigenvalue weighted by Crippen LogP contribution is -2.20. The van der Waals surface area contributed by atoms with Crippen molar-refractivity contribution in [1.82, 2.24) is 9.97 Å². The monoisotopic (exact) mass is 448 g/mol. The number of carbonyl (C=O) groups excluding carboxylic acids is 1. The van der Waals surface area contributed by atoms with Gasteiger partial charge in [0.2, 0.25) is 5.95 Å². The standard InChI is InChI=1S/C21H20F4N6O/c1-3-26-19-27-12(2)8-18(31-19)28-15-4-6-16(7-5-15)29-20(32)30-17-10-13(21(23,24)25)9-14(22)11-17/h4-11H,3H2,1-2H3,(H2,29,30,32)(H2,26,27,28,31). The van der Waals surface area contributed by atoms with Crippen LogP contribution in [0.1, 0.15) is 18.2 Å². The van der Waals surface area contributed by atoms with Crippen molar-refractivity contribution in [3.8, 4) is 0 Å². The molecule has 3 rings (SSSR count). The fourth-order valence-corrected chi connectivity index (χ4v) is 2.77. The van der Waals surface area contributed by atoms with Crippen molar-refractivity contribution in [3.05, 3.63) is 65.6 Å². The molecular formula is C21H20F4N6O. The molecule has 7 nitrogen and oxygen atoms in total. The minimum absolute atomic E-state index is 0.316. The molecule has 0 atom stereocenters. The van der Waals surface area contributed by atoms with Crippen LogP contribution in [0.25, 0.3) is 0 Å². The summed E-state index contributed by atoms with van der Waals surface area (Å²) in [7, 11) is 0. The number of hydrogen-bond acceptors (Lipinski definition) is 5. The van der Waals surface area contributed by atoms with Crippen LogP contribution in [-0.2, 0) is 6.18 Å². The first-order valence-electron chi connectivity index (χ1n) is 9.55. The average molecular weight is 448 g/mol. The number of alkyl halides is 3. The lowest BCUT2D eigenvalue weighted by atomic mass is 10.2. The zero-order chi connectivity index (χ0) is 23.3. The third kappa shape index (κ3) is 6.30. The normalized spacial score (nSPS) is 11.1. The van der Waals surface area contributed by atoms with Gasteiger partial charge < -0.3 is 21.3 Å². The van der Waals surface area contributed by atoms with Gasteiger partial charge in [-0.3, -0.25) is 0 Å². The summed E-state index contributed by atoms with van der Waals surface area (Å²) in [5.74, 6) is -0.0303. The third-order valence-electron chi connectivity index (χ3n) is 4.09. The summed E-state index contributed by atoms with van der Waals surface area (Å²) in [4.78, 5) is 20.7. The number of urea groups is 1. The number of anilines is 5. The fraction of sp³-hybridized carbons (Fsp3) is 0.190. The molecule has 2 amide bonds. The van der Waals surface area contributed by atoms with Crippen molar-refractivity contribution in [3.63, 3.8) is 0 Å². The summed E-state index contributed by atoms with van der Waals surface area (Å²) in [5.41, 5.74) is 0.341. The van der Waals surface area contributed by atoms with E-state index < -0.39 is 23.6 Å². The highest BCUT2D eigenvalue weighted by molar-refractivity contribution is 5.99. The van der Waals surface area contributed by atoms with Gasteiger partial charge in [0, 0.05) is 35.4 Å². The van der Waals surface area contributed by atoms with E-state index in [0.717, 1.165) is 11.8 Å². The number of hydrogen-bond donors (Lipinski definition) is 4. The van der Waals surface area contributed by atoms with Crippen molar-refractivity contribution >= 4 is 34.9 Å². The quantitative estimate of drug-likeness (QED) is 0.360. The van der Waals surface area contributed by atoms with Gasteiger partial charge in [-0.05, 0) is 56.3 Å². The molecule has 2 aromatic carbocycles. The second kappa shape index (κ2) is 9.50. The van der Waals surface area contributed by atoms with Gasteiger partial charge in [0.15, 0.2) is 0 Å². The van der Waals surface area contributed by atoms with Gasteiger partial charge in [0.1, 0.15) is 11.6 Å². The Balaban J connectivity index is 1.64. The Morgan fingerprint density at radius 1 is 0.938 bits per heavy atom. The van der Waals surface area contributed by atoms with Gasteiger partial charge in [0.05, 0.1) is 5.56 Å². The Bertz CT molecular complexity index is 1100. The van der Waals surface area contributed by atoms with E-state index in [0.29, 0.717) is 41.8 Å². The summed E-state index contributed by atoms with van der Waals surface area (Å²) >= 11 is 0. The van der Waals surface area contributed by atoms with Crippen LogP contribution in [0.2, 0.25) is 0 Å². The molecule has 0 fully saturated rings. The van der Waals surface area contributed by atoms with Crippen LogP contribution in [0.4, 0.5) is 51.2 Å². The van der Waals surface area contributed by atoms with Crippen molar-refractivity contribution in [2.45, 2.75) is 20.0 Å². The Labute approximate surface area is 181 Å². The smallest absolute Gasteiger partial charge is 0.354 e. The third-order valence-corrected chi connectivity index (χ3v) is 4.09. The molecule has 11 heteroatoms. The van der Waals surface area contributed by atoms with Gasteiger partial charge in [-0.15, -0.1) is 0 Å². The first kappa shape index (κ1) is 22.8. The zero-order valence-electron chi connectivity index (χ0n) is 17.1. The molecule has 1 aromatic heterocycles. The van der Waals surface area contributed by atoms with E-state index in [2.05, 4.69) is 31.2 Å². The summed E-state index contributed by atoms with van der Waals surface area (Å²) in [6.07, 6.45) is -4.73. The maximum absolute atomic E-state index is 13.5. The Morgan fingerprint density at radius 2 is 1.59 bits per heavy atom. The molecule has 0 aliphatic carbocycles. The molecule has 3 aromatic rings. The molecule has 0 aliphatic rings. The molecule has 32 heavy (non-hydrogen) atoms. The van der Waals surface area contributed by atoms with Crippen molar-refractivity contribution < 1.29 is 22.4 Å². The number of aromatic nitrogens is 2. The fourth-order valence-electron chi connectivity index (χ4n) is 2.77. The van der Waals surface area contributed by atoms with Gasteiger partial charge in [-0.2, -0.15) is 18.2 Å². The van der Waals surface area contributed by atoms with Gasteiger partial charge in [-0.1, -0.05) is 0 Å². The second-order valence-corrected chi connectivity index (χ2v) is 6.76. The SMILES string of the molecule is CCNc1nc(C)cc(Nc2ccc(NC(=O)Nc3cc(F)cc(C(F)(F)F)c3)cc2)n1. The van der Waals surface area contributed by atoms with E-state index >= 15 is 0 Å². The number of nitrogens with one attached hydrogen (secondary N) is 4. The van der Waals surface area contributed by atoms with Crippen LogP contribution in [0.15, 0.2) is 48.5 Å². The summed E-state index contributed by atoms with van der Waals surface area (Å²) in [6, 6.07) is 9.32. The maximum Gasteiger partial charge on any atom is 0.416 e. The summed E-state index contributed by atoms with van der Waals surface area (Å²) < 4.78 is 51.8. The van der Waals surface area contributed by atoms with E-state index in [1.807, 2.05) is 13.8 Å². The number of amides is 2. The van der Waals surface area contributed by atoms with Gasteiger partial charge >= 0.3 is 12.2 Å². The van der Waals surface area contributed by atoms with E-state index in [-0.39, 0.29) is 5.69 Å². The highest BCUT2D eigenvalue weighted by Crippen LogP contribution is 2.31. The van der Waals surface area contributed by atoms with Crippen LogP contribution >= 0.6 is 0 Å². The average Bonchev–Trinajstić information content (AvgIpc) is 2.68. The Morgan fingerprint density at radius 3 is 2.25 bits per heavy atom. The Hall–Kier alpha value is -3.89. The number of nitrogens with zero attached hydrogens (tertiary/aromatic N) is 2. The summed E-state index contributed by atoms with van der Waals surface area (Å²) in [5, 5.41) is 10.8. The minimum Gasteiger partial charge on any atom is -0.354 e. The number of aryl methyl sites for hydroxylation is 1. The molecule has 0 radical (unpaired) electrons. The lowest BCUT2D eigenvalue weighted by molar-refractivity contribution is -0.137. The minimum atomic E-state index is -4.73. The molecule has 168 valence electrons. The molecule has 0 saturated heterocycles. The van der Waals surface area contributed by atoms with E-state index in [1.165, 1.54) is 0 Å². The van der Waals surface area contributed by atoms with E-state index in [9.17, 15) is 22.4 Å². The van der Waals surface area contributed by atoms with E-state index in [1.54, 1.807) is 30.3 Å². The molecule has 4 N–H and O–H groups in total. The number of halogens is 4. The molecule has 0 saturated carbocycles. The molecule has 0 bridgehead atoms. The molecule has 0 unspecified atom stereocenters. The van der Waals surface area contributed by atoms with Crippen LogP contribution in [0.3, 0.4) is 0 Å². The van der Waals surface area contributed by atoms with Gasteiger partial charge in [0.25, 0.3) is 0 Å². The highest BCUT2D eigenvalue weighted by atomic mass is 19.4. The first-order valence-corrected chi connectivity index (χ1v) is 9.55. The van der Waals surface area contributed by atoms with Crippen molar-refractivity contribution in [2.24, 2.45) is 0 Å². The molecule has 0 aliphatic heterocycles. The molecular weight excluding hydrogens is 428 g/mol. The number of benzene rings is 2.